The van der Waals surface area contributed by atoms with Crippen LogP contribution >= 0.6 is 0 Å². The average Bonchev–Trinajstić information content (AvgIpc) is 2.15. The van der Waals surface area contributed by atoms with Gasteiger partial charge in [-0.05, 0) is 12.1 Å². The van der Waals surface area contributed by atoms with Gasteiger partial charge in [0.15, 0.2) is 0 Å². The molecular weight excluding hydrogens is 289 g/mol. The predicted molar refractivity (Wildman–Crippen MR) is 54.9 cm³/mol. The third-order valence-corrected chi connectivity index (χ3v) is 1.34. The van der Waals surface area contributed by atoms with Gasteiger partial charge in [-0.1, -0.05) is 30.9 Å². The Hall–Kier alpha value is 0.00143. The van der Waals surface area contributed by atoms with Gasteiger partial charge in [0.2, 0.25) is 0 Å². The summed E-state index contributed by atoms with van der Waals surface area (Å²) in [5.74, 6) is -0.310. The van der Waals surface area contributed by atoms with Crippen LogP contribution in [0.3, 0.4) is 0 Å². The van der Waals surface area contributed by atoms with Gasteiger partial charge in [0.05, 0.1) is 5.56 Å². The third kappa shape index (κ3) is 4.69. The monoisotopic (exact) mass is 302 g/mol. The van der Waals surface area contributed by atoms with Crippen LogP contribution in [0.25, 0.3) is 0 Å². The van der Waals surface area contributed by atoms with E-state index in [0.29, 0.717) is 5.56 Å². The van der Waals surface area contributed by atoms with E-state index in [2.05, 4.69) is 6.58 Å². The molecule has 1 aromatic carbocycles. The fraction of sp³-hybridized carbons (Fsp3) is 0.100. The fourth-order valence-electron chi connectivity index (χ4n) is 0.792. The number of hydrogen-bond donors (Lipinski definition) is 0. The molecule has 0 aliphatic carbocycles. The molecule has 0 radical (unpaired) electrons. The molecule has 0 bridgehead atoms. The summed E-state index contributed by atoms with van der Waals surface area (Å²) in [4.78, 5) is 11.1. The predicted octanol–water partition coefficient (Wildman–Crippen LogP) is 1.87. The van der Waals surface area contributed by atoms with Gasteiger partial charge in [0.25, 0.3) is 0 Å². The smallest absolute Gasteiger partial charge is 1.00 e. The Balaban J connectivity index is -0.000000480. The third-order valence-electron chi connectivity index (χ3n) is 1.34. The molecule has 2 nitrogen and oxygen atoms in total. The summed E-state index contributed by atoms with van der Waals surface area (Å²) in [7, 11) is 0. The van der Waals surface area contributed by atoms with E-state index in [1.54, 1.807) is 30.3 Å². The molecule has 0 aliphatic rings. The number of hydrogen-bond acceptors (Lipinski definition) is 2. The van der Waals surface area contributed by atoms with Gasteiger partial charge in [-0.2, -0.15) is 0 Å². The molecule has 0 spiro atoms. The minimum atomic E-state index is -0.310. The maximum atomic E-state index is 11.1. The molecule has 0 aromatic heterocycles. The van der Waals surface area contributed by atoms with Crippen molar-refractivity contribution in [2.24, 2.45) is 0 Å². The first-order valence-electron chi connectivity index (χ1n) is 3.67. The Morgan fingerprint density at radius 3 is 2.62 bits per heavy atom. The van der Waals surface area contributed by atoms with E-state index in [1.807, 2.05) is 6.07 Å². The van der Waals surface area contributed by atoms with Gasteiger partial charge in [0.1, 0.15) is 6.61 Å². The molecule has 0 aliphatic heterocycles. The van der Waals surface area contributed by atoms with Crippen molar-refractivity contribution < 1.29 is 12.4 Å². The molecule has 0 unspecified atom stereocenters. The molecule has 1 aromatic rings. The first kappa shape index (κ1) is 13.0. The standard InChI is InChI=1S/C10H10O2.Ba.2H/c1-2-8-12-10(11)9-6-4-3-5-7-9;;;/h2-7H,1,8H2;;;/q;+2;2*-1. The molecule has 0 heterocycles. The summed E-state index contributed by atoms with van der Waals surface area (Å²) in [6, 6.07) is 8.87. The molecular formula is C10H12BaO2. The van der Waals surface area contributed by atoms with Crippen LogP contribution in [0.1, 0.15) is 13.2 Å². The first-order chi connectivity index (χ1) is 5.84. The number of benzene rings is 1. The maximum Gasteiger partial charge on any atom is 2.00 e. The maximum absolute atomic E-state index is 11.1. The van der Waals surface area contributed by atoms with E-state index in [-0.39, 0.29) is 64.3 Å². The molecule has 3 heteroatoms. The Bertz CT molecular complexity index is 278. The van der Waals surface area contributed by atoms with Crippen molar-refractivity contribution >= 4 is 54.9 Å². The Labute approximate surface area is 121 Å². The van der Waals surface area contributed by atoms with Crippen molar-refractivity contribution in [3.05, 3.63) is 48.6 Å². The Morgan fingerprint density at radius 2 is 2.08 bits per heavy atom. The SMILES string of the molecule is C=CCOC(=O)c1ccccc1.[Ba+2].[H-].[H-]. The van der Waals surface area contributed by atoms with E-state index in [1.165, 1.54) is 0 Å². The molecule has 0 saturated carbocycles. The van der Waals surface area contributed by atoms with Crippen molar-refractivity contribution in [3.63, 3.8) is 0 Å². The van der Waals surface area contributed by atoms with Crippen molar-refractivity contribution in [1.82, 2.24) is 0 Å². The molecule has 0 fully saturated rings. The molecule has 66 valence electrons. The minimum Gasteiger partial charge on any atom is -1.00 e. The van der Waals surface area contributed by atoms with E-state index in [4.69, 9.17) is 4.74 Å². The van der Waals surface area contributed by atoms with Gasteiger partial charge >= 0.3 is 54.9 Å². The number of carbonyl (C=O) groups excluding carboxylic acids is 1. The second kappa shape index (κ2) is 7.41. The minimum absolute atomic E-state index is 0. The largest absolute Gasteiger partial charge is 2.00 e. The zero-order valence-corrected chi connectivity index (χ0v) is 11.8. The van der Waals surface area contributed by atoms with E-state index in [9.17, 15) is 4.79 Å². The van der Waals surface area contributed by atoms with Crippen LogP contribution in [0, 0.1) is 0 Å². The first-order valence-corrected chi connectivity index (χ1v) is 3.67. The van der Waals surface area contributed by atoms with Crippen molar-refractivity contribution in [1.29, 1.82) is 0 Å². The van der Waals surface area contributed by atoms with Crippen LogP contribution in [0.15, 0.2) is 43.0 Å². The van der Waals surface area contributed by atoms with Crippen LogP contribution in [-0.4, -0.2) is 61.5 Å². The number of carbonyl (C=O) groups is 1. The van der Waals surface area contributed by atoms with Gasteiger partial charge in [-0.25, -0.2) is 4.79 Å². The summed E-state index contributed by atoms with van der Waals surface area (Å²) >= 11 is 0. The van der Waals surface area contributed by atoms with Crippen LogP contribution in [0.4, 0.5) is 0 Å². The Morgan fingerprint density at radius 1 is 1.46 bits per heavy atom. The summed E-state index contributed by atoms with van der Waals surface area (Å²) in [6.07, 6.45) is 1.54. The average molecular weight is 302 g/mol. The summed E-state index contributed by atoms with van der Waals surface area (Å²) in [6.45, 7) is 3.71. The normalized spacial score (nSPS) is 8.31. The molecule has 13 heavy (non-hydrogen) atoms. The van der Waals surface area contributed by atoms with E-state index < -0.39 is 0 Å². The molecule has 0 saturated heterocycles. The van der Waals surface area contributed by atoms with Crippen LogP contribution in [0.2, 0.25) is 0 Å². The summed E-state index contributed by atoms with van der Waals surface area (Å²) < 4.78 is 4.82. The second-order valence-electron chi connectivity index (χ2n) is 2.25. The number of rotatable bonds is 3. The quantitative estimate of drug-likeness (QED) is 0.484. The van der Waals surface area contributed by atoms with Gasteiger partial charge in [-0.15, -0.1) is 0 Å². The van der Waals surface area contributed by atoms with Gasteiger partial charge < -0.3 is 7.59 Å². The van der Waals surface area contributed by atoms with E-state index in [0.717, 1.165) is 0 Å². The van der Waals surface area contributed by atoms with E-state index >= 15 is 0 Å². The van der Waals surface area contributed by atoms with Gasteiger partial charge in [-0.3, -0.25) is 0 Å². The molecule has 1 rings (SSSR count). The zero-order chi connectivity index (χ0) is 8.81. The van der Waals surface area contributed by atoms with Crippen LogP contribution in [0.5, 0.6) is 0 Å². The summed E-state index contributed by atoms with van der Waals surface area (Å²) in [5, 5.41) is 0. The Kier molecular flexibility index (Phi) is 7.41. The van der Waals surface area contributed by atoms with Gasteiger partial charge in [0, 0.05) is 0 Å². The number of ether oxygens (including phenoxy) is 1. The fourth-order valence-corrected chi connectivity index (χ4v) is 0.792. The second-order valence-corrected chi connectivity index (χ2v) is 2.25. The van der Waals surface area contributed by atoms with Crippen molar-refractivity contribution in [3.8, 4) is 0 Å². The van der Waals surface area contributed by atoms with Crippen molar-refractivity contribution in [2.75, 3.05) is 6.61 Å². The zero-order valence-electron chi connectivity index (χ0n) is 9.40. The van der Waals surface area contributed by atoms with Crippen molar-refractivity contribution in [2.45, 2.75) is 0 Å². The molecule has 0 atom stereocenters. The molecule has 0 N–H and O–H groups in total. The molecule has 0 amide bonds. The van der Waals surface area contributed by atoms with Crippen LogP contribution < -0.4 is 0 Å². The topological polar surface area (TPSA) is 26.3 Å². The van der Waals surface area contributed by atoms with Crippen LogP contribution in [-0.2, 0) is 4.74 Å². The summed E-state index contributed by atoms with van der Waals surface area (Å²) in [5.41, 5.74) is 0.569. The number of esters is 1.